The van der Waals surface area contributed by atoms with E-state index in [1.54, 1.807) is 0 Å². The lowest BCUT2D eigenvalue weighted by Gasteiger charge is -2.18. The zero-order valence-electron chi connectivity index (χ0n) is 33.9. The summed E-state index contributed by atoms with van der Waals surface area (Å²) in [6, 6.07) is 0. The SMILES string of the molecule is CCCCC/C=C\C/C=C\C/C=C\C/C=C\CCCC(=O)O[C@H](COC(=O)CCCCCCCCCCCCCCCCCCCC)COP(=O)(O)O. The van der Waals surface area contributed by atoms with E-state index in [0.29, 0.717) is 12.8 Å². The molecule has 0 fully saturated rings. The van der Waals surface area contributed by atoms with Crippen molar-refractivity contribution in [2.75, 3.05) is 13.2 Å². The van der Waals surface area contributed by atoms with Crippen LogP contribution >= 0.6 is 7.82 Å². The highest BCUT2D eigenvalue weighted by Crippen LogP contribution is 2.36. The summed E-state index contributed by atoms with van der Waals surface area (Å²) in [5.41, 5.74) is 0. The first-order chi connectivity index (χ1) is 25.8. The molecule has 0 heterocycles. The highest BCUT2D eigenvalue weighted by Gasteiger charge is 2.22. The molecule has 0 saturated carbocycles. The maximum Gasteiger partial charge on any atom is 0.469 e. The highest BCUT2D eigenvalue weighted by molar-refractivity contribution is 7.46. The number of hydrogen-bond donors (Lipinski definition) is 2. The number of esters is 2. The average Bonchev–Trinajstić information content (AvgIpc) is 3.13. The van der Waals surface area contributed by atoms with E-state index in [1.165, 1.54) is 122 Å². The van der Waals surface area contributed by atoms with Crippen LogP contribution < -0.4 is 0 Å². The molecule has 2 N–H and O–H groups in total. The fourth-order valence-corrected chi connectivity index (χ4v) is 6.26. The third-order valence-corrected chi connectivity index (χ3v) is 9.59. The summed E-state index contributed by atoms with van der Waals surface area (Å²) < 4.78 is 26.3. The minimum absolute atomic E-state index is 0.137. The Morgan fingerprint density at radius 3 is 1.32 bits per heavy atom. The predicted molar refractivity (Wildman–Crippen MR) is 221 cm³/mol. The van der Waals surface area contributed by atoms with Gasteiger partial charge in [0.15, 0.2) is 6.10 Å². The van der Waals surface area contributed by atoms with E-state index in [-0.39, 0.29) is 19.4 Å². The van der Waals surface area contributed by atoms with Gasteiger partial charge >= 0.3 is 19.8 Å². The number of phosphoric acid groups is 1. The number of allylic oxidation sites excluding steroid dienone is 8. The highest BCUT2D eigenvalue weighted by atomic mass is 31.2. The van der Waals surface area contributed by atoms with Gasteiger partial charge in [-0.3, -0.25) is 14.1 Å². The molecule has 0 saturated heterocycles. The molecule has 0 radical (unpaired) electrons. The van der Waals surface area contributed by atoms with Gasteiger partial charge in [-0.25, -0.2) is 4.57 Å². The Hall–Kier alpha value is -1.99. The van der Waals surface area contributed by atoms with Crippen LogP contribution in [-0.4, -0.2) is 41.0 Å². The second-order valence-corrected chi connectivity index (χ2v) is 15.6. The fourth-order valence-electron chi connectivity index (χ4n) is 5.90. The quantitative estimate of drug-likeness (QED) is 0.0275. The van der Waals surface area contributed by atoms with Crippen molar-refractivity contribution in [1.82, 2.24) is 0 Å². The molecule has 0 bridgehead atoms. The molecule has 0 aliphatic heterocycles. The predicted octanol–water partition coefficient (Wildman–Crippen LogP) is 13.1. The Kier molecular flexibility index (Phi) is 38.2. The summed E-state index contributed by atoms with van der Waals surface area (Å²) in [7, 11) is -4.77. The Morgan fingerprint density at radius 1 is 0.491 bits per heavy atom. The molecule has 53 heavy (non-hydrogen) atoms. The number of ether oxygens (including phenoxy) is 2. The van der Waals surface area contributed by atoms with Crippen LogP contribution in [0, 0.1) is 0 Å². The first kappa shape index (κ1) is 51.0. The van der Waals surface area contributed by atoms with Crippen LogP contribution in [0.1, 0.15) is 200 Å². The number of carbonyl (C=O) groups is 2. The van der Waals surface area contributed by atoms with Gasteiger partial charge in [0, 0.05) is 12.8 Å². The molecule has 308 valence electrons. The molecule has 0 unspecified atom stereocenters. The summed E-state index contributed by atoms with van der Waals surface area (Å²) in [5.74, 6) is -0.945. The zero-order chi connectivity index (χ0) is 38.9. The van der Waals surface area contributed by atoms with Gasteiger partial charge in [0.05, 0.1) is 6.61 Å². The average molecular weight is 767 g/mol. The van der Waals surface area contributed by atoms with Gasteiger partial charge in [-0.2, -0.15) is 0 Å². The second-order valence-electron chi connectivity index (χ2n) is 14.3. The van der Waals surface area contributed by atoms with Crippen molar-refractivity contribution < 1.29 is 37.9 Å². The van der Waals surface area contributed by atoms with Gasteiger partial charge in [-0.05, 0) is 51.4 Å². The standard InChI is InChI=1S/C44H79O8P/c1-3-5-7-9-11-13-15-17-19-21-23-24-26-28-30-32-34-36-38-43(45)50-40-42(41-51-53(47,48)49)52-44(46)39-37-35-33-31-29-27-25-22-20-18-16-14-12-10-8-6-4-2/h12,14,18,20,25,27,31,33,42H,3-11,13,15-17,19,21-24,26,28-30,32,34-41H2,1-2H3,(H2,47,48,49)/b14-12-,20-18-,27-25-,33-31-/t42-/m1/s1. The first-order valence-electron chi connectivity index (χ1n) is 21.4. The molecular formula is C44H79O8P. The van der Waals surface area contributed by atoms with Gasteiger partial charge in [-0.1, -0.05) is 184 Å². The van der Waals surface area contributed by atoms with Crippen LogP contribution in [0.15, 0.2) is 48.6 Å². The van der Waals surface area contributed by atoms with Gasteiger partial charge in [0.25, 0.3) is 0 Å². The lowest BCUT2D eigenvalue weighted by molar-refractivity contribution is -0.161. The molecule has 9 heteroatoms. The van der Waals surface area contributed by atoms with Crippen LogP contribution in [0.2, 0.25) is 0 Å². The van der Waals surface area contributed by atoms with Crippen LogP contribution in [0.5, 0.6) is 0 Å². The minimum Gasteiger partial charge on any atom is -0.462 e. The summed E-state index contributed by atoms with van der Waals surface area (Å²) in [4.78, 5) is 42.8. The number of rotatable bonds is 39. The van der Waals surface area contributed by atoms with E-state index >= 15 is 0 Å². The van der Waals surface area contributed by atoms with E-state index in [1.807, 2.05) is 6.08 Å². The Morgan fingerprint density at radius 2 is 0.868 bits per heavy atom. The van der Waals surface area contributed by atoms with Crippen LogP contribution in [-0.2, 0) is 28.2 Å². The molecule has 0 aliphatic rings. The smallest absolute Gasteiger partial charge is 0.462 e. The second kappa shape index (κ2) is 39.7. The van der Waals surface area contributed by atoms with Crippen molar-refractivity contribution in [2.24, 2.45) is 0 Å². The third-order valence-electron chi connectivity index (χ3n) is 9.10. The molecule has 0 amide bonds. The van der Waals surface area contributed by atoms with Crippen molar-refractivity contribution in [3.8, 4) is 0 Å². The van der Waals surface area contributed by atoms with E-state index in [0.717, 1.165) is 38.5 Å². The fraction of sp³-hybridized carbons (Fsp3) is 0.773. The lowest BCUT2D eigenvalue weighted by Crippen LogP contribution is -2.29. The van der Waals surface area contributed by atoms with Crippen LogP contribution in [0.3, 0.4) is 0 Å². The summed E-state index contributed by atoms with van der Waals surface area (Å²) in [6.45, 7) is 3.63. The molecule has 0 aromatic carbocycles. The van der Waals surface area contributed by atoms with Gasteiger partial charge in [0.2, 0.25) is 0 Å². The summed E-state index contributed by atoms with van der Waals surface area (Å²) in [5, 5.41) is 0. The molecule has 0 spiro atoms. The van der Waals surface area contributed by atoms with E-state index in [2.05, 4.69) is 60.9 Å². The van der Waals surface area contributed by atoms with E-state index < -0.39 is 32.5 Å². The number of phosphoric ester groups is 1. The summed E-state index contributed by atoms with van der Waals surface area (Å²) in [6.07, 6.45) is 48.4. The zero-order valence-corrected chi connectivity index (χ0v) is 34.8. The third kappa shape index (κ3) is 42.6. The van der Waals surface area contributed by atoms with Crippen molar-refractivity contribution >= 4 is 19.8 Å². The molecule has 0 aliphatic carbocycles. The van der Waals surface area contributed by atoms with Crippen molar-refractivity contribution in [2.45, 2.75) is 206 Å². The Balaban J connectivity index is 3.98. The van der Waals surface area contributed by atoms with E-state index in [4.69, 9.17) is 19.3 Å². The first-order valence-corrected chi connectivity index (χ1v) is 23.0. The number of carbonyl (C=O) groups excluding carboxylic acids is 2. The monoisotopic (exact) mass is 767 g/mol. The Labute approximate surface area is 324 Å². The summed E-state index contributed by atoms with van der Waals surface area (Å²) >= 11 is 0. The molecular weight excluding hydrogens is 687 g/mol. The molecule has 0 aromatic rings. The van der Waals surface area contributed by atoms with Gasteiger partial charge in [-0.15, -0.1) is 0 Å². The van der Waals surface area contributed by atoms with Crippen molar-refractivity contribution in [1.29, 1.82) is 0 Å². The maximum absolute atomic E-state index is 12.4. The topological polar surface area (TPSA) is 119 Å². The van der Waals surface area contributed by atoms with Gasteiger partial charge < -0.3 is 19.3 Å². The molecule has 0 aromatic heterocycles. The largest absolute Gasteiger partial charge is 0.469 e. The van der Waals surface area contributed by atoms with Gasteiger partial charge in [0.1, 0.15) is 6.61 Å². The molecule has 1 atom stereocenters. The molecule has 0 rings (SSSR count). The van der Waals surface area contributed by atoms with Crippen molar-refractivity contribution in [3.05, 3.63) is 48.6 Å². The van der Waals surface area contributed by atoms with E-state index in [9.17, 15) is 14.2 Å². The van der Waals surface area contributed by atoms with Crippen molar-refractivity contribution in [3.63, 3.8) is 0 Å². The maximum atomic E-state index is 12.4. The normalized spacial score (nSPS) is 12.9. The van der Waals surface area contributed by atoms with Crippen LogP contribution in [0.25, 0.3) is 0 Å². The Bertz CT molecular complexity index is 999. The number of unbranched alkanes of at least 4 members (excludes halogenated alkanes) is 21. The molecule has 8 nitrogen and oxygen atoms in total. The van der Waals surface area contributed by atoms with Crippen LogP contribution in [0.4, 0.5) is 0 Å². The lowest BCUT2D eigenvalue weighted by atomic mass is 10.0. The number of hydrogen-bond acceptors (Lipinski definition) is 6. The minimum atomic E-state index is -4.77.